The van der Waals surface area contributed by atoms with Crippen molar-refractivity contribution >= 4 is 0 Å². The average Bonchev–Trinajstić information content (AvgIpc) is 2.04. The van der Waals surface area contributed by atoms with E-state index in [1.165, 1.54) is 38.6 Å². The summed E-state index contributed by atoms with van der Waals surface area (Å²) in [4.78, 5) is 1.93. The molecule has 4 unspecified atom stereocenters. The van der Waals surface area contributed by atoms with Gasteiger partial charge in [-0.05, 0) is 32.1 Å². The highest BCUT2D eigenvalue weighted by atomic mass is 15.2. The lowest BCUT2D eigenvalue weighted by Crippen LogP contribution is -3.20. The van der Waals surface area contributed by atoms with Gasteiger partial charge in [0, 0.05) is 12.8 Å². The summed E-state index contributed by atoms with van der Waals surface area (Å²) in [6.45, 7) is 6.34. The zero-order valence-corrected chi connectivity index (χ0v) is 8.47. The quantitative estimate of drug-likeness (QED) is 0.555. The molecule has 0 bridgehead atoms. The Bertz CT molecular complexity index is 155. The molecule has 4 atom stereocenters. The molecule has 0 amide bonds. The van der Waals surface area contributed by atoms with Gasteiger partial charge in [0.15, 0.2) is 0 Å². The van der Waals surface area contributed by atoms with Crippen LogP contribution in [0.25, 0.3) is 0 Å². The molecule has 1 nitrogen and oxygen atoms in total. The molecule has 2 fully saturated rings. The van der Waals surface area contributed by atoms with Crippen LogP contribution in [-0.4, -0.2) is 18.6 Å². The molecule has 0 aliphatic carbocycles. The lowest BCUT2D eigenvalue weighted by atomic mass is 9.83. The van der Waals surface area contributed by atoms with Gasteiger partial charge < -0.3 is 4.90 Å². The van der Waals surface area contributed by atoms with Gasteiger partial charge in [-0.2, -0.15) is 0 Å². The molecule has 1 N–H and O–H groups in total. The molecule has 2 saturated heterocycles. The number of quaternary nitrogens is 1. The molecule has 12 heavy (non-hydrogen) atoms. The largest absolute Gasteiger partial charge is 0.330 e. The van der Waals surface area contributed by atoms with Crippen LogP contribution in [0.2, 0.25) is 0 Å². The highest BCUT2D eigenvalue weighted by Crippen LogP contribution is 2.20. The second kappa shape index (κ2) is 3.37. The fraction of sp³-hybridized carbons (Fsp3) is 1.00. The molecule has 2 heterocycles. The van der Waals surface area contributed by atoms with E-state index in [1.807, 2.05) is 4.90 Å². The van der Waals surface area contributed by atoms with E-state index in [2.05, 4.69) is 13.8 Å². The van der Waals surface area contributed by atoms with Gasteiger partial charge >= 0.3 is 0 Å². The molecule has 1 heteroatoms. The van der Waals surface area contributed by atoms with E-state index in [1.54, 1.807) is 0 Å². The van der Waals surface area contributed by atoms with E-state index in [9.17, 15) is 0 Å². The zero-order chi connectivity index (χ0) is 8.55. The van der Waals surface area contributed by atoms with Crippen molar-refractivity contribution in [3.05, 3.63) is 0 Å². The third-order valence-corrected chi connectivity index (χ3v) is 3.87. The van der Waals surface area contributed by atoms with Crippen LogP contribution < -0.4 is 4.90 Å². The van der Waals surface area contributed by atoms with Gasteiger partial charge in [0.1, 0.15) is 0 Å². The predicted molar refractivity (Wildman–Crippen MR) is 51.3 cm³/mol. The highest BCUT2D eigenvalue weighted by Gasteiger charge is 2.36. The summed E-state index contributed by atoms with van der Waals surface area (Å²) in [6, 6.07) is 1.97. The molecule has 2 rings (SSSR count). The minimum absolute atomic E-state index is 0.944. The monoisotopic (exact) mass is 168 g/mol. The second-order valence-corrected chi connectivity index (χ2v) is 5.00. The van der Waals surface area contributed by atoms with Crippen LogP contribution in [0.5, 0.6) is 0 Å². The van der Waals surface area contributed by atoms with E-state index in [4.69, 9.17) is 0 Å². The van der Waals surface area contributed by atoms with E-state index in [-0.39, 0.29) is 0 Å². The van der Waals surface area contributed by atoms with Crippen LogP contribution in [0.4, 0.5) is 0 Å². The first-order valence-electron chi connectivity index (χ1n) is 5.63. The minimum Gasteiger partial charge on any atom is -0.330 e. The van der Waals surface area contributed by atoms with Crippen molar-refractivity contribution in [1.29, 1.82) is 0 Å². The summed E-state index contributed by atoms with van der Waals surface area (Å²) >= 11 is 0. The maximum atomic E-state index is 2.45. The number of fused-ring (bicyclic) bond motifs is 1. The van der Waals surface area contributed by atoms with Crippen molar-refractivity contribution in [2.24, 2.45) is 5.92 Å². The van der Waals surface area contributed by atoms with E-state index in [0.717, 1.165) is 18.0 Å². The van der Waals surface area contributed by atoms with Crippen LogP contribution in [0.3, 0.4) is 0 Å². The van der Waals surface area contributed by atoms with Gasteiger partial charge in [-0.1, -0.05) is 6.92 Å². The third-order valence-electron chi connectivity index (χ3n) is 3.87. The Labute approximate surface area is 76.1 Å². The average molecular weight is 168 g/mol. The Morgan fingerprint density at radius 3 is 2.75 bits per heavy atom. The zero-order valence-electron chi connectivity index (χ0n) is 8.47. The van der Waals surface area contributed by atoms with E-state index < -0.39 is 0 Å². The lowest BCUT2D eigenvalue weighted by Gasteiger charge is -2.42. The van der Waals surface area contributed by atoms with Gasteiger partial charge in [-0.15, -0.1) is 0 Å². The summed E-state index contributed by atoms with van der Waals surface area (Å²) in [5.74, 6) is 0.992. The molecule has 2 aliphatic rings. The van der Waals surface area contributed by atoms with Crippen LogP contribution in [-0.2, 0) is 0 Å². The van der Waals surface area contributed by atoms with Crippen LogP contribution >= 0.6 is 0 Å². The summed E-state index contributed by atoms with van der Waals surface area (Å²) in [5.41, 5.74) is 0. The van der Waals surface area contributed by atoms with Gasteiger partial charge in [-0.25, -0.2) is 0 Å². The number of hydrogen-bond donors (Lipinski definition) is 1. The smallest absolute Gasteiger partial charge is 0.0879 e. The fourth-order valence-corrected chi connectivity index (χ4v) is 3.36. The first kappa shape index (κ1) is 8.55. The maximum Gasteiger partial charge on any atom is 0.0879 e. The van der Waals surface area contributed by atoms with Crippen molar-refractivity contribution in [2.75, 3.05) is 6.54 Å². The van der Waals surface area contributed by atoms with E-state index >= 15 is 0 Å². The minimum atomic E-state index is 0.944. The number of hydrogen-bond acceptors (Lipinski definition) is 0. The number of rotatable bonds is 0. The van der Waals surface area contributed by atoms with Gasteiger partial charge in [0.05, 0.1) is 18.6 Å². The lowest BCUT2D eigenvalue weighted by molar-refractivity contribution is -0.959. The topological polar surface area (TPSA) is 4.44 Å². The Morgan fingerprint density at radius 1 is 1.08 bits per heavy atom. The van der Waals surface area contributed by atoms with Gasteiger partial charge in [0.2, 0.25) is 0 Å². The van der Waals surface area contributed by atoms with Crippen LogP contribution in [0.1, 0.15) is 46.0 Å². The Morgan fingerprint density at radius 2 is 1.92 bits per heavy atom. The Hall–Kier alpha value is -0.0400. The molecule has 0 spiro atoms. The van der Waals surface area contributed by atoms with Gasteiger partial charge in [-0.3, -0.25) is 0 Å². The first-order valence-corrected chi connectivity index (χ1v) is 5.63. The molecule has 0 aromatic heterocycles. The fourth-order valence-electron chi connectivity index (χ4n) is 3.36. The van der Waals surface area contributed by atoms with Gasteiger partial charge in [0.25, 0.3) is 0 Å². The second-order valence-electron chi connectivity index (χ2n) is 5.00. The number of piperidine rings is 2. The predicted octanol–water partition coefficient (Wildman–Crippen LogP) is 1.24. The molecule has 70 valence electrons. The Balaban J connectivity index is 2.01. The van der Waals surface area contributed by atoms with Crippen molar-refractivity contribution in [2.45, 2.75) is 58.0 Å². The van der Waals surface area contributed by atoms with Crippen LogP contribution in [0, 0.1) is 5.92 Å². The van der Waals surface area contributed by atoms with Crippen molar-refractivity contribution in [3.63, 3.8) is 0 Å². The highest BCUT2D eigenvalue weighted by molar-refractivity contribution is 4.73. The summed E-state index contributed by atoms with van der Waals surface area (Å²) in [6.07, 6.45) is 7.44. The SMILES string of the molecule is CC1CC(C)[NH+]2CCCCC2C1. The van der Waals surface area contributed by atoms with Crippen molar-refractivity contribution in [1.82, 2.24) is 0 Å². The van der Waals surface area contributed by atoms with Crippen LogP contribution in [0.15, 0.2) is 0 Å². The van der Waals surface area contributed by atoms with Crippen molar-refractivity contribution in [3.8, 4) is 0 Å². The molecule has 0 aromatic carbocycles. The first-order chi connectivity index (χ1) is 5.77. The summed E-state index contributed by atoms with van der Waals surface area (Å²) in [5, 5.41) is 0. The maximum absolute atomic E-state index is 2.45. The van der Waals surface area contributed by atoms with Crippen molar-refractivity contribution < 1.29 is 4.90 Å². The standard InChI is InChI=1S/C11H21N/c1-9-7-10(2)12-6-4-3-5-11(12)8-9/h9-11H,3-8H2,1-2H3/p+1. The summed E-state index contributed by atoms with van der Waals surface area (Å²) in [7, 11) is 0. The molecule has 2 aliphatic heterocycles. The molecular formula is C11H22N+. The Kier molecular flexibility index (Phi) is 2.40. The molecular weight excluding hydrogens is 146 g/mol. The normalized spacial score (nSPS) is 48.5. The third kappa shape index (κ3) is 1.52. The molecule has 0 radical (unpaired) electrons. The molecule has 0 aromatic rings. The molecule has 0 saturated carbocycles. The number of nitrogens with one attached hydrogen (secondary N) is 1. The summed E-state index contributed by atoms with van der Waals surface area (Å²) < 4.78 is 0. The van der Waals surface area contributed by atoms with E-state index in [0.29, 0.717) is 0 Å².